The van der Waals surface area contributed by atoms with Crippen molar-refractivity contribution < 1.29 is 18.8 Å². The summed E-state index contributed by atoms with van der Waals surface area (Å²) in [5.41, 5.74) is -0.677. The van der Waals surface area contributed by atoms with Crippen LogP contribution in [0.5, 0.6) is 0 Å². The average molecular weight is 264 g/mol. The van der Waals surface area contributed by atoms with E-state index in [4.69, 9.17) is 0 Å². The second kappa shape index (κ2) is 4.46. The molecule has 0 atom stereocenters. The van der Waals surface area contributed by atoms with Gasteiger partial charge in [0.1, 0.15) is 11.2 Å². The lowest BCUT2D eigenvalue weighted by atomic mass is 9.88. The van der Waals surface area contributed by atoms with Crippen molar-refractivity contribution in [3.05, 3.63) is 35.6 Å². The fourth-order valence-corrected chi connectivity index (χ4v) is 1.76. The van der Waals surface area contributed by atoms with E-state index in [1.807, 2.05) is 0 Å². The number of urea groups is 1. The van der Waals surface area contributed by atoms with Crippen LogP contribution in [0.25, 0.3) is 0 Å². The molecule has 0 aromatic heterocycles. The number of rotatable bonds is 2. The van der Waals surface area contributed by atoms with E-state index in [1.165, 1.54) is 38.1 Å². The van der Waals surface area contributed by atoms with Gasteiger partial charge in [-0.3, -0.25) is 19.8 Å². The smallest absolute Gasteiger partial charge is 0.277 e. The number of nitrogens with zero attached hydrogens (tertiary/aromatic N) is 1. The highest BCUT2D eigenvalue weighted by Gasteiger charge is 2.46. The molecule has 2 rings (SSSR count). The van der Waals surface area contributed by atoms with E-state index >= 15 is 0 Å². The standard InChI is InChI=1S/C13H13FN2O3/c1-13(2)10(17)15-12(19)16(11(13)18)7-8-3-5-9(14)6-4-8/h3-6H,7H2,1-2H3,(H,15,17,19). The van der Waals surface area contributed by atoms with E-state index in [0.29, 0.717) is 5.56 Å². The molecule has 1 heterocycles. The Morgan fingerprint density at radius 3 is 2.32 bits per heavy atom. The third kappa shape index (κ3) is 2.33. The minimum atomic E-state index is -1.28. The van der Waals surface area contributed by atoms with Crippen LogP contribution in [-0.4, -0.2) is 22.7 Å². The maximum atomic E-state index is 12.8. The quantitative estimate of drug-likeness (QED) is 0.822. The number of hydrogen-bond donors (Lipinski definition) is 1. The summed E-state index contributed by atoms with van der Waals surface area (Å²) in [5, 5.41) is 2.13. The van der Waals surface area contributed by atoms with Gasteiger partial charge in [0.15, 0.2) is 0 Å². The van der Waals surface area contributed by atoms with Crippen molar-refractivity contribution in [3.63, 3.8) is 0 Å². The predicted molar refractivity (Wildman–Crippen MR) is 64.3 cm³/mol. The molecule has 1 fully saturated rings. The number of hydrogen-bond acceptors (Lipinski definition) is 3. The van der Waals surface area contributed by atoms with Gasteiger partial charge in [-0.25, -0.2) is 9.18 Å². The van der Waals surface area contributed by atoms with Crippen LogP contribution in [0.15, 0.2) is 24.3 Å². The molecule has 1 aliphatic rings. The summed E-state index contributed by atoms with van der Waals surface area (Å²) < 4.78 is 12.8. The average Bonchev–Trinajstić information content (AvgIpc) is 2.35. The number of halogens is 1. The summed E-state index contributed by atoms with van der Waals surface area (Å²) in [4.78, 5) is 36.3. The number of nitrogens with one attached hydrogen (secondary N) is 1. The molecule has 1 N–H and O–H groups in total. The first-order valence-corrected chi connectivity index (χ1v) is 5.74. The van der Waals surface area contributed by atoms with Crippen LogP contribution in [0.1, 0.15) is 19.4 Å². The highest BCUT2D eigenvalue weighted by atomic mass is 19.1. The first-order valence-electron chi connectivity index (χ1n) is 5.74. The van der Waals surface area contributed by atoms with Gasteiger partial charge < -0.3 is 0 Å². The molecule has 1 aromatic rings. The normalized spacial score (nSPS) is 18.5. The molecule has 19 heavy (non-hydrogen) atoms. The van der Waals surface area contributed by atoms with Crippen LogP contribution in [0.2, 0.25) is 0 Å². The number of carbonyl (C=O) groups is 3. The number of carbonyl (C=O) groups excluding carboxylic acids is 3. The van der Waals surface area contributed by atoms with Gasteiger partial charge >= 0.3 is 6.03 Å². The molecule has 0 aliphatic carbocycles. The Balaban J connectivity index is 2.24. The predicted octanol–water partition coefficient (Wildman–Crippen LogP) is 1.43. The van der Waals surface area contributed by atoms with E-state index in [0.717, 1.165) is 4.90 Å². The number of imide groups is 2. The molecule has 100 valence electrons. The van der Waals surface area contributed by atoms with Gasteiger partial charge in [0, 0.05) is 0 Å². The molecular weight excluding hydrogens is 251 g/mol. The molecule has 0 radical (unpaired) electrons. The van der Waals surface area contributed by atoms with Crippen molar-refractivity contribution in [2.75, 3.05) is 0 Å². The van der Waals surface area contributed by atoms with Crippen molar-refractivity contribution in [2.45, 2.75) is 20.4 Å². The first-order chi connectivity index (χ1) is 8.82. The Morgan fingerprint density at radius 1 is 1.16 bits per heavy atom. The van der Waals surface area contributed by atoms with Crippen LogP contribution >= 0.6 is 0 Å². The van der Waals surface area contributed by atoms with Crippen LogP contribution in [-0.2, 0) is 16.1 Å². The van der Waals surface area contributed by atoms with Gasteiger partial charge in [-0.1, -0.05) is 12.1 Å². The maximum Gasteiger partial charge on any atom is 0.331 e. The molecule has 5 nitrogen and oxygen atoms in total. The molecule has 0 spiro atoms. The van der Waals surface area contributed by atoms with Gasteiger partial charge in [-0.05, 0) is 31.5 Å². The zero-order valence-corrected chi connectivity index (χ0v) is 10.6. The van der Waals surface area contributed by atoms with Crippen LogP contribution in [0.3, 0.4) is 0 Å². The molecular formula is C13H13FN2O3. The minimum absolute atomic E-state index is 0.00164. The van der Waals surface area contributed by atoms with Crippen molar-refractivity contribution in [1.82, 2.24) is 10.2 Å². The largest absolute Gasteiger partial charge is 0.331 e. The van der Waals surface area contributed by atoms with Crippen LogP contribution in [0, 0.1) is 11.2 Å². The van der Waals surface area contributed by atoms with Gasteiger partial charge in [-0.2, -0.15) is 0 Å². The van der Waals surface area contributed by atoms with Crippen molar-refractivity contribution in [3.8, 4) is 0 Å². The van der Waals surface area contributed by atoms with Crippen LogP contribution in [0.4, 0.5) is 9.18 Å². The zero-order valence-electron chi connectivity index (χ0n) is 10.6. The molecule has 1 aromatic carbocycles. The Labute approximate surface area is 109 Å². The van der Waals surface area contributed by atoms with Crippen molar-refractivity contribution >= 4 is 17.8 Å². The minimum Gasteiger partial charge on any atom is -0.277 e. The number of amides is 4. The Morgan fingerprint density at radius 2 is 1.74 bits per heavy atom. The summed E-state index contributed by atoms with van der Waals surface area (Å²) in [6.07, 6.45) is 0. The van der Waals surface area contributed by atoms with E-state index in [1.54, 1.807) is 0 Å². The van der Waals surface area contributed by atoms with Gasteiger partial charge in [0.05, 0.1) is 6.54 Å². The SMILES string of the molecule is CC1(C)C(=O)NC(=O)N(Cc2ccc(F)cc2)C1=O. The van der Waals surface area contributed by atoms with E-state index in [9.17, 15) is 18.8 Å². The monoisotopic (exact) mass is 264 g/mol. The maximum absolute atomic E-state index is 12.8. The Bertz CT molecular complexity index is 552. The van der Waals surface area contributed by atoms with E-state index in [-0.39, 0.29) is 6.54 Å². The first kappa shape index (κ1) is 13.2. The third-order valence-corrected chi connectivity index (χ3v) is 3.07. The molecule has 0 bridgehead atoms. The Hall–Kier alpha value is -2.24. The molecule has 1 saturated heterocycles. The summed E-state index contributed by atoms with van der Waals surface area (Å²) in [6.45, 7) is 2.91. The van der Waals surface area contributed by atoms with Gasteiger partial charge in [0.25, 0.3) is 0 Å². The lowest BCUT2D eigenvalue weighted by Crippen LogP contribution is -2.61. The summed E-state index contributed by atoms with van der Waals surface area (Å²) in [6, 6.07) is 4.72. The second-order valence-electron chi connectivity index (χ2n) is 4.90. The van der Waals surface area contributed by atoms with Crippen molar-refractivity contribution in [1.29, 1.82) is 0 Å². The van der Waals surface area contributed by atoms with E-state index < -0.39 is 29.1 Å². The van der Waals surface area contributed by atoms with Crippen molar-refractivity contribution in [2.24, 2.45) is 5.41 Å². The van der Waals surface area contributed by atoms with Gasteiger partial charge in [0.2, 0.25) is 11.8 Å². The lowest BCUT2D eigenvalue weighted by Gasteiger charge is -2.34. The zero-order chi connectivity index (χ0) is 14.2. The summed E-state index contributed by atoms with van der Waals surface area (Å²) >= 11 is 0. The lowest BCUT2D eigenvalue weighted by molar-refractivity contribution is -0.149. The molecule has 0 saturated carbocycles. The summed E-state index contributed by atoms with van der Waals surface area (Å²) in [5.74, 6) is -1.57. The third-order valence-electron chi connectivity index (χ3n) is 3.07. The second-order valence-corrected chi connectivity index (χ2v) is 4.90. The number of benzene rings is 1. The summed E-state index contributed by atoms with van der Waals surface area (Å²) in [7, 11) is 0. The molecule has 4 amide bonds. The fourth-order valence-electron chi connectivity index (χ4n) is 1.76. The molecule has 0 unspecified atom stereocenters. The highest BCUT2D eigenvalue weighted by Crippen LogP contribution is 2.24. The fraction of sp³-hybridized carbons (Fsp3) is 0.308. The number of barbiturate groups is 1. The molecule has 6 heteroatoms. The van der Waals surface area contributed by atoms with Crippen LogP contribution < -0.4 is 5.32 Å². The van der Waals surface area contributed by atoms with Gasteiger partial charge in [-0.15, -0.1) is 0 Å². The van der Waals surface area contributed by atoms with E-state index in [2.05, 4.69) is 5.32 Å². The molecule has 1 aliphatic heterocycles. The Kier molecular flexibility index (Phi) is 3.09. The highest BCUT2D eigenvalue weighted by molar-refractivity contribution is 6.18. The topological polar surface area (TPSA) is 66.5 Å².